The quantitative estimate of drug-likeness (QED) is 0.420. The smallest absolute Gasteiger partial charge is 0.0393 e. The Morgan fingerprint density at radius 1 is 0.545 bits per heavy atom. The van der Waals surface area contributed by atoms with Gasteiger partial charge in [0, 0.05) is 11.1 Å². The monoisotopic (exact) mass is 285 g/mol. The van der Waals surface area contributed by atoms with E-state index in [2.05, 4.69) is 61.5 Å². The van der Waals surface area contributed by atoms with Crippen LogP contribution in [-0.4, -0.2) is 0 Å². The molecule has 0 aliphatic carbocycles. The second-order valence-corrected chi connectivity index (χ2v) is 5.36. The largest absolute Gasteiger partial charge is 0.398 e. The lowest BCUT2D eigenvalue weighted by molar-refractivity contribution is 1.53. The molecule has 0 atom stereocenters. The molecule has 4 aromatic carbocycles. The van der Waals surface area contributed by atoms with Crippen LogP contribution in [0.25, 0.3) is 21.5 Å². The van der Waals surface area contributed by atoms with Gasteiger partial charge in [0.1, 0.15) is 0 Å². The molecule has 22 heavy (non-hydrogen) atoms. The van der Waals surface area contributed by atoms with Gasteiger partial charge in [0.05, 0.1) is 0 Å². The van der Waals surface area contributed by atoms with E-state index in [9.17, 15) is 0 Å². The van der Waals surface area contributed by atoms with Crippen LogP contribution in [-0.2, 0) is 0 Å². The lowest BCUT2D eigenvalue weighted by Crippen LogP contribution is -1.84. The average Bonchev–Trinajstić information content (AvgIpc) is 2.57. The number of benzene rings is 4. The van der Waals surface area contributed by atoms with Crippen LogP contribution in [0.2, 0.25) is 0 Å². The van der Waals surface area contributed by atoms with Gasteiger partial charge in [-0.15, -0.1) is 0 Å². The van der Waals surface area contributed by atoms with Crippen LogP contribution in [0.5, 0.6) is 0 Å². The van der Waals surface area contributed by atoms with Gasteiger partial charge >= 0.3 is 0 Å². The normalized spacial score (nSPS) is 10.2. The molecule has 0 unspecified atom stereocenters. The predicted molar refractivity (Wildman–Crippen MR) is 97.0 cm³/mol. The number of nitrogens with two attached hydrogens (primary N) is 1. The van der Waals surface area contributed by atoms with E-state index < -0.39 is 0 Å². The zero-order chi connectivity index (χ0) is 15.4. The van der Waals surface area contributed by atoms with E-state index in [1.165, 1.54) is 21.7 Å². The molecule has 0 bridgehead atoms. The van der Waals surface area contributed by atoms with Gasteiger partial charge in [0.25, 0.3) is 0 Å². The number of rotatable bonds is 0. The maximum absolute atomic E-state index is 5.76. The molecular weight excluding hydrogens is 266 g/mol. The molecule has 0 saturated heterocycles. The molecule has 0 aliphatic heterocycles. The molecule has 0 fully saturated rings. The van der Waals surface area contributed by atoms with Crippen molar-refractivity contribution in [1.29, 1.82) is 0 Å². The summed E-state index contributed by atoms with van der Waals surface area (Å²) < 4.78 is 0. The third-order valence-electron chi connectivity index (χ3n) is 3.83. The molecule has 0 spiro atoms. The Morgan fingerprint density at radius 2 is 1.05 bits per heavy atom. The van der Waals surface area contributed by atoms with Crippen molar-refractivity contribution in [1.82, 2.24) is 0 Å². The Bertz CT molecular complexity index is 822. The molecule has 0 saturated carbocycles. The summed E-state index contributed by atoms with van der Waals surface area (Å²) >= 11 is 0. The summed E-state index contributed by atoms with van der Waals surface area (Å²) in [4.78, 5) is 0. The summed E-state index contributed by atoms with van der Waals surface area (Å²) in [5.41, 5.74) is 7.96. The first-order valence-electron chi connectivity index (χ1n) is 7.43. The van der Waals surface area contributed by atoms with Crippen molar-refractivity contribution < 1.29 is 0 Å². The van der Waals surface area contributed by atoms with Gasteiger partial charge in [-0.1, -0.05) is 78.9 Å². The molecule has 0 aromatic heterocycles. The van der Waals surface area contributed by atoms with Crippen LogP contribution >= 0.6 is 0 Å². The zero-order valence-electron chi connectivity index (χ0n) is 12.7. The first kappa shape index (κ1) is 14.2. The minimum absolute atomic E-state index is 0.850. The van der Waals surface area contributed by atoms with Crippen LogP contribution < -0.4 is 5.73 Å². The van der Waals surface area contributed by atoms with Crippen molar-refractivity contribution in [3.05, 3.63) is 90.5 Å². The van der Waals surface area contributed by atoms with Crippen LogP contribution in [0.1, 0.15) is 5.56 Å². The predicted octanol–water partition coefficient (Wildman–Crippen LogP) is 5.57. The van der Waals surface area contributed by atoms with E-state index in [0.29, 0.717) is 0 Å². The first-order valence-corrected chi connectivity index (χ1v) is 7.43. The standard InChI is InChI=1S/C11H10.C10H9N/c1-9-5-4-7-10-6-2-3-8-11(9)10;11-10-7-3-5-8-4-1-2-6-9(8)10/h2-8H,1H3;1-7H,11H2. The fourth-order valence-corrected chi connectivity index (χ4v) is 2.64. The van der Waals surface area contributed by atoms with Gasteiger partial charge in [0.15, 0.2) is 0 Å². The lowest BCUT2D eigenvalue weighted by atomic mass is 10.1. The highest BCUT2D eigenvalue weighted by Crippen LogP contribution is 2.19. The van der Waals surface area contributed by atoms with E-state index in [-0.39, 0.29) is 0 Å². The van der Waals surface area contributed by atoms with Gasteiger partial charge in [-0.3, -0.25) is 0 Å². The molecule has 2 N–H and O–H groups in total. The van der Waals surface area contributed by atoms with Crippen LogP contribution in [0.4, 0.5) is 5.69 Å². The van der Waals surface area contributed by atoms with Gasteiger partial charge in [-0.25, -0.2) is 0 Å². The highest BCUT2D eigenvalue weighted by molar-refractivity contribution is 5.92. The Hall–Kier alpha value is -2.80. The zero-order valence-corrected chi connectivity index (χ0v) is 12.7. The van der Waals surface area contributed by atoms with Crippen LogP contribution in [0.3, 0.4) is 0 Å². The third-order valence-corrected chi connectivity index (χ3v) is 3.83. The lowest BCUT2D eigenvalue weighted by Gasteiger charge is -1.98. The van der Waals surface area contributed by atoms with E-state index in [1.54, 1.807) is 0 Å². The highest BCUT2D eigenvalue weighted by atomic mass is 14.5. The second kappa shape index (κ2) is 6.31. The average molecular weight is 285 g/mol. The SMILES string of the molecule is Cc1cccc2ccccc12.Nc1cccc2ccccc12. The van der Waals surface area contributed by atoms with E-state index in [0.717, 1.165) is 11.1 Å². The number of hydrogen-bond donors (Lipinski definition) is 1. The molecule has 0 radical (unpaired) electrons. The Labute approximate surface area is 131 Å². The van der Waals surface area contributed by atoms with Crippen molar-refractivity contribution >= 4 is 27.2 Å². The Kier molecular flexibility index (Phi) is 4.06. The van der Waals surface area contributed by atoms with Gasteiger partial charge < -0.3 is 5.73 Å². The fourth-order valence-electron chi connectivity index (χ4n) is 2.64. The second-order valence-electron chi connectivity index (χ2n) is 5.36. The van der Waals surface area contributed by atoms with Crippen molar-refractivity contribution in [2.45, 2.75) is 6.92 Å². The minimum atomic E-state index is 0.850. The van der Waals surface area contributed by atoms with Gasteiger partial charge in [0.2, 0.25) is 0 Å². The topological polar surface area (TPSA) is 26.0 Å². The van der Waals surface area contributed by atoms with Crippen molar-refractivity contribution in [3.8, 4) is 0 Å². The van der Waals surface area contributed by atoms with Gasteiger partial charge in [-0.05, 0) is 34.7 Å². The summed E-state index contributed by atoms with van der Waals surface area (Å²) in [6.07, 6.45) is 0. The van der Waals surface area contributed by atoms with Crippen LogP contribution in [0, 0.1) is 6.92 Å². The van der Waals surface area contributed by atoms with E-state index in [4.69, 9.17) is 5.73 Å². The summed E-state index contributed by atoms with van der Waals surface area (Å²) in [7, 11) is 0. The number of anilines is 1. The maximum atomic E-state index is 5.76. The van der Waals surface area contributed by atoms with Crippen molar-refractivity contribution in [3.63, 3.8) is 0 Å². The molecule has 1 heteroatoms. The molecule has 108 valence electrons. The summed E-state index contributed by atoms with van der Waals surface area (Å²) in [6, 6.07) is 28.9. The summed E-state index contributed by atoms with van der Waals surface area (Å²) in [5.74, 6) is 0. The fraction of sp³-hybridized carbons (Fsp3) is 0.0476. The van der Waals surface area contributed by atoms with Gasteiger partial charge in [-0.2, -0.15) is 0 Å². The van der Waals surface area contributed by atoms with Crippen LogP contribution in [0.15, 0.2) is 84.9 Å². The minimum Gasteiger partial charge on any atom is -0.398 e. The molecular formula is C21H19N. The maximum Gasteiger partial charge on any atom is 0.0393 e. The molecule has 4 aromatic rings. The summed E-state index contributed by atoms with van der Waals surface area (Å²) in [6.45, 7) is 2.14. The number of hydrogen-bond acceptors (Lipinski definition) is 1. The Morgan fingerprint density at radius 3 is 1.68 bits per heavy atom. The first-order chi connectivity index (χ1) is 10.8. The number of fused-ring (bicyclic) bond motifs is 2. The molecule has 0 aliphatic rings. The Balaban J connectivity index is 0.000000131. The number of aryl methyl sites for hydroxylation is 1. The number of nitrogen functional groups attached to an aromatic ring is 1. The van der Waals surface area contributed by atoms with Crippen molar-refractivity contribution in [2.24, 2.45) is 0 Å². The molecule has 0 heterocycles. The van der Waals surface area contributed by atoms with E-state index >= 15 is 0 Å². The highest BCUT2D eigenvalue weighted by Gasteiger charge is 1.93. The molecule has 1 nitrogen and oxygen atoms in total. The summed E-state index contributed by atoms with van der Waals surface area (Å²) in [5, 5.41) is 5.02. The molecule has 0 amide bonds. The third kappa shape index (κ3) is 2.94. The van der Waals surface area contributed by atoms with E-state index in [1.807, 2.05) is 30.3 Å². The van der Waals surface area contributed by atoms with Crippen molar-refractivity contribution in [2.75, 3.05) is 5.73 Å². The molecule has 4 rings (SSSR count).